The highest BCUT2D eigenvalue weighted by molar-refractivity contribution is 6.30. The van der Waals surface area contributed by atoms with Gasteiger partial charge in [-0.15, -0.1) is 0 Å². The number of pyridine rings is 1. The summed E-state index contributed by atoms with van der Waals surface area (Å²) >= 11 is 5.86. The van der Waals surface area contributed by atoms with Crippen molar-refractivity contribution in [2.75, 3.05) is 0 Å². The maximum Gasteiger partial charge on any atom is 0.0923 e. The molecule has 1 aromatic carbocycles. The van der Waals surface area contributed by atoms with Gasteiger partial charge in [0.05, 0.1) is 5.60 Å². The van der Waals surface area contributed by atoms with Crippen molar-refractivity contribution in [2.45, 2.75) is 32.3 Å². The van der Waals surface area contributed by atoms with Gasteiger partial charge in [-0.25, -0.2) is 0 Å². The quantitative estimate of drug-likeness (QED) is 0.922. The van der Waals surface area contributed by atoms with Crippen LogP contribution in [-0.4, -0.2) is 10.1 Å². The molecule has 0 bridgehead atoms. The first-order valence-corrected chi connectivity index (χ1v) is 6.81. The van der Waals surface area contributed by atoms with E-state index in [1.165, 1.54) is 5.56 Å². The third-order valence-electron chi connectivity index (χ3n) is 3.29. The van der Waals surface area contributed by atoms with Crippen molar-refractivity contribution in [3.8, 4) is 0 Å². The zero-order chi connectivity index (χ0) is 13.9. The first-order valence-electron chi connectivity index (χ1n) is 6.43. The Kier molecular flexibility index (Phi) is 4.23. The summed E-state index contributed by atoms with van der Waals surface area (Å²) in [7, 11) is 0. The van der Waals surface area contributed by atoms with E-state index in [-0.39, 0.29) is 0 Å². The Balaban J connectivity index is 2.17. The predicted octanol–water partition coefficient (Wildman–Crippen LogP) is 3.75. The van der Waals surface area contributed by atoms with Crippen LogP contribution >= 0.6 is 11.6 Å². The number of hydrogen-bond acceptors (Lipinski definition) is 2. The van der Waals surface area contributed by atoms with Crippen LogP contribution in [0.15, 0.2) is 42.6 Å². The van der Waals surface area contributed by atoms with E-state index >= 15 is 0 Å². The van der Waals surface area contributed by atoms with Crippen LogP contribution in [0.3, 0.4) is 0 Å². The minimum atomic E-state index is -0.939. The molecule has 0 aliphatic heterocycles. The highest BCUT2D eigenvalue weighted by Crippen LogP contribution is 2.25. The molecule has 2 rings (SSSR count). The summed E-state index contributed by atoms with van der Waals surface area (Å²) in [6.45, 7) is 3.90. The summed E-state index contributed by atoms with van der Waals surface area (Å²) in [5.74, 6) is 0. The molecule has 1 aromatic heterocycles. The van der Waals surface area contributed by atoms with Crippen molar-refractivity contribution in [1.29, 1.82) is 0 Å². The lowest BCUT2D eigenvalue weighted by Crippen LogP contribution is -2.24. The van der Waals surface area contributed by atoms with Gasteiger partial charge in [0.25, 0.3) is 0 Å². The summed E-state index contributed by atoms with van der Waals surface area (Å²) in [4.78, 5) is 4.39. The highest BCUT2D eigenvalue weighted by Gasteiger charge is 2.24. The number of hydrogen-bond donors (Lipinski definition) is 1. The molecule has 2 nitrogen and oxygen atoms in total. The molecule has 0 amide bonds. The van der Waals surface area contributed by atoms with Crippen LogP contribution in [0.1, 0.15) is 30.7 Å². The summed E-state index contributed by atoms with van der Waals surface area (Å²) in [6, 6.07) is 11.3. The topological polar surface area (TPSA) is 33.1 Å². The first-order chi connectivity index (χ1) is 9.01. The lowest BCUT2D eigenvalue weighted by molar-refractivity contribution is 0.0566. The van der Waals surface area contributed by atoms with Crippen molar-refractivity contribution in [3.05, 3.63) is 64.4 Å². The number of rotatable bonds is 4. The van der Waals surface area contributed by atoms with Crippen LogP contribution in [0.4, 0.5) is 0 Å². The fraction of sp³-hybridized carbons (Fsp3) is 0.312. The van der Waals surface area contributed by atoms with Crippen LogP contribution in [0.2, 0.25) is 5.02 Å². The molecule has 100 valence electrons. The normalized spacial score (nSPS) is 14.1. The SMILES string of the molecule is CCc1ccc(CC(C)(O)c2ccc(Cl)cc2)nc1. The average Bonchev–Trinajstić information content (AvgIpc) is 2.40. The number of aryl methyl sites for hydroxylation is 1. The lowest BCUT2D eigenvalue weighted by Gasteiger charge is -2.23. The molecule has 0 fully saturated rings. The summed E-state index contributed by atoms with van der Waals surface area (Å²) in [5, 5.41) is 11.2. The molecular weight excluding hydrogens is 258 g/mol. The van der Waals surface area contributed by atoms with Crippen LogP contribution in [0.25, 0.3) is 0 Å². The molecule has 1 atom stereocenters. The van der Waals surface area contributed by atoms with Gasteiger partial charge >= 0.3 is 0 Å². The van der Waals surface area contributed by atoms with Gasteiger partial charge in [0.15, 0.2) is 0 Å². The van der Waals surface area contributed by atoms with E-state index in [1.807, 2.05) is 24.4 Å². The molecule has 2 aromatic rings. The summed E-state index contributed by atoms with van der Waals surface area (Å²) < 4.78 is 0. The zero-order valence-electron chi connectivity index (χ0n) is 11.2. The molecule has 1 heterocycles. The largest absolute Gasteiger partial charge is 0.385 e. The van der Waals surface area contributed by atoms with E-state index in [4.69, 9.17) is 11.6 Å². The van der Waals surface area contributed by atoms with Crippen LogP contribution in [0, 0.1) is 0 Å². The monoisotopic (exact) mass is 275 g/mol. The molecular formula is C16H18ClNO. The summed E-state index contributed by atoms with van der Waals surface area (Å²) in [5.41, 5.74) is 2.00. The van der Waals surface area contributed by atoms with Crippen LogP contribution < -0.4 is 0 Å². The Hall–Kier alpha value is -1.38. The van der Waals surface area contributed by atoms with Crippen molar-refractivity contribution in [2.24, 2.45) is 0 Å². The van der Waals surface area contributed by atoms with Crippen molar-refractivity contribution in [1.82, 2.24) is 4.98 Å². The van der Waals surface area contributed by atoms with Crippen LogP contribution in [0.5, 0.6) is 0 Å². The standard InChI is InChI=1S/C16H18ClNO/c1-3-12-4-9-15(18-11-12)10-16(2,19)13-5-7-14(17)8-6-13/h4-9,11,19H,3,10H2,1-2H3. The van der Waals surface area contributed by atoms with E-state index in [9.17, 15) is 5.11 Å². The molecule has 1 unspecified atom stereocenters. The first kappa shape index (κ1) is 14.0. The van der Waals surface area contributed by atoms with Gasteiger partial charge < -0.3 is 5.11 Å². The number of aliphatic hydroxyl groups is 1. The van der Waals surface area contributed by atoms with Gasteiger partial charge in [-0.3, -0.25) is 4.98 Å². The summed E-state index contributed by atoms with van der Waals surface area (Å²) in [6.07, 6.45) is 3.33. The third kappa shape index (κ3) is 3.55. The Morgan fingerprint density at radius 1 is 1.16 bits per heavy atom. The smallest absolute Gasteiger partial charge is 0.0923 e. The molecule has 0 aliphatic carbocycles. The van der Waals surface area contributed by atoms with E-state index in [0.717, 1.165) is 17.7 Å². The minimum absolute atomic E-state index is 0.485. The molecule has 0 radical (unpaired) electrons. The van der Waals surface area contributed by atoms with Crippen molar-refractivity contribution in [3.63, 3.8) is 0 Å². The molecule has 0 saturated heterocycles. The van der Waals surface area contributed by atoms with Crippen molar-refractivity contribution >= 4 is 11.6 Å². The molecule has 1 N–H and O–H groups in total. The van der Waals surface area contributed by atoms with Gasteiger partial charge in [0.2, 0.25) is 0 Å². The van der Waals surface area contributed by atoms with Gasteiger partial charge in [-0.2, -0.15) is 0 Å². The number of halogens is 1. The number of nitrogens with zero attached hydrogens (tertiary/aromatic N) is 1. The second-order valence-corrected chi connectivity index (χ2v) is 5.41. The van der Waals surface area contributed by atoms with E-state index in [0.29, 0.717) is 11.4 Å². The fourth-order valence-corrected chi connectivity index (χ4v) is 2.16. The fourth-order valence-electron chi connectivity index (χ4n) is 2.03. The Morgan fingerprint density at radius 3 is 2.37 bits per heavy atom. The van der Waals surface area contributed by atoms with Gasteiger partial charge in [0, 0.05) is 23.3 Å². The van der Waals surface area contributed by atoms with Gasteiger partial charge in [-0.1, -0.05) is 36.7 Å². The second-order valence-electron chi connectivity index (χ2n) is 4.97. The van der Waals surface area contributed by atoms with Gasteiger partial charge in [0.1, 0.15) is 0 Å². The van der Waals surface area contributed by atoms with Gasteiger partial charge in [-0.05, 0) is 42.7 Å². The highest BCUT2D eigenvalue weighted by atomic mass is 35.5. The van der Waals surface area contributed by atoms with E-state index in [1.54, 1.807) is 19.1 Å². The minimum Gasteiger partial charge on any atom is -0.385 e. The van der Waals surface area contributed by atoms with Crippen molar-refractivity contribution < 1.29 is 5.11 Å². The predicted molar refractivity (Wildman–Crippen MR) is 78.3 cm³/mol. The molecule has 0 spiro atoms. The Morgan fingerprint density at radius 2 is 1.84 bits per heavy atom. The molecule has 0 saturated carbocycles. The maximum atomic E-state index is 10.6. The average molecular weight is 276 g/mol. The zero-order valence-corrected chi connectivity index (χ0v) is 12.0. The Labute approximate surface area is 119 Å². The third-order valence-corrected chi connectivity index (χ3v) is 3.54. The second kappa shape index (κ2) is 5.72. The van der Waals surface area contributed by atoms with E-state index in [2.05, 4.69) is 18.0 Å². The molecule has 3 heteroatoms. The lowest BCUT2D eigenvalue weighted by atomic mass is 9.91. The molecule has 0 aliphatic rings. The number of benzene rings is 1. The van der Waals surface area contributed by atoms with E-state index < -0.39 is 5.60 Å². The number of aromatic nitrogens is 1. The maximum absolute atomic E-state index is 10.6. The molecule has 19 heavy (non-hydrogen) atoms. The Bertz CT molecular complexity index is 532. The van der Waals surface area contributed by atoms with Crippen LogP contribution in [-0.2, 0) is 18.4 Å².